The second-order valence-corrected chi connectivity index (χ2v) is 7.21. The van der Waals surface area contributed by atoms with Crippen molar-refractivity contribution in [3.8, 4) is 5.75 Å². The molecule has 0 aliphatic heterocycles. The van der Waals surface area contributed by atoms with Gasteiger partial charge in [0.25, 0.3) is 5.91 Å². The number of rotatable bonds is 6. The zero-order valence-electron chi connectivity index (χ0n) is 15.6. The van der Waals surface area contributed by atoms with Crippen LogP contribution >= 0.6 is 0 Å². The van der Waals surface area contributed by atoms with Crippen LogP contribution in [0.15, 0.2) is 18.2 Å². The number of carbonyl (C=O) groups excluding carboxylic acids is 2. The third-order valence-corrected chi connectivity index (χ3v) is 4.97. The van der Waals surface area contributed by atoms with Crippen LogP contribution in [0.2, 0.25) is 0 Å². The molecule has 0 heterocycles. The zero-order chi connectivity index (χ0) is 18.4. The van der Waals surface area contributed by atoms with Crippen molar-refractivity contribution in [2.75, 3.05) is 13.2 Å². The van der Waals surface area contributed by atoms with Gasteiger partial charge in [-0.2, -0.15) is 0 Å². The lowest BCUT2D eigenvalue weighted by atomic mass is 9.78. The summed E-state index contributed by atoms with van der Waals surface area (Å²) in [4.78, 5) is 23.8. The molecule has 2 rings (SSSR count). The minimum absolute atomic E-state index is 0.168. The monoisotopic (exact) mass is 347 g/mol. The maximum atomic E-state index is 12.0. The lowest BCUT2D eigenvalue weighted by Crippen LogP contribution is -2.45. The highest BCUT2D eigenvalue weighted by Gasteiger charge is 2.28. The van der Waals surface area contributed by atoms with Gasteiger partial charge in [0.05, 0.1) is 0 Å². The smallest absolute Gasteiger partial charge is 0.344 e. The molecule has 1 aliphatic carbocycles. The van der Waals surface area contributed by atoms with Crippen molar-refractivity contribution in [3.05, 3.63) is 29.3 Å². The Labute approximate surface area is 150 Å². The van der Waals surface area contributed by atoms with Gasteiger partial charge < -0.3 is 14.8 Å². The molecule has 1 aromatic carbocycles. The summed E-state index contributed by atoms with van der Waals surface area (Å²) in [6.45, 7) is 7.86. The molecule has 0 saturated heterocycles. The minimum atomic E-state index is -0.542. The number of amides is 1. The Hall–Kier alpha value is -2.04. The maximum absolute atomic E-state index is 12.0. The average molecular weight is 347 g/mol. The molecule has 25 heavy (non-hydrogen) atoms. The number of ether oxygens (including phenoxy) is 2. The van der Waals surface area contributed by atoms with Crippen LogP contribution in [0.4, 0.5) is 0 Å². The SMILES string of the molecule is Cc1cc(C)cc(OCC(=O)OCC(=O)N[C@@H]2CCC[C@H](C)[C@H]2C)c1. The highest BCUT2D eigenvalue weighted by atomic mass is 16.6. The van der Waals surface area contributed by atoms with Crippen molar-refractivity contribution in [3.63, 3.8) is 0 Å². The van der Waals surface area contributed by atoms with Crippen molar-refractivity contribution in [1.29, 1.82) is 0 Å². The van der Waals surface area contributed by atoms with E-state index in [0.29, 0.717) is 17.6 Å². The van der Waals surface area contributed by atoms with Crippen molar-refractivity contribution in [1.82, 2.24) is 5.32 Å². The lowest BCUT2D eigenvalue weighted by Gasteiger charge is -2.34. The fourth-order valence-corrected chi connectivity index (χ4v) is 3.38. The third kappa shape index (κ3) is 6.07. The Morgan fingerprint density at radius 2 is 1.76 bits per heavy atom. The zero-order valence-corrected chi connectivity index (χ0v) is 15.6. The number of hydrogen-bond donors (Lipinski definition) is 1. The van der Waals surface area contributed by atoms with Crippen molar-refractivity contribution in [2.24, 2.45) is 11.8 Å². The summed E-state index contributed by atoms with van der Waals surface area (Å²) in [5.74, 6) is 0.892. The van der Waals surface area contributed by atoms with E-state index in [9.17, 15) is 9.59 Å². The van der Waals surface area contributed by atoms with E-state index in [1.807, 2.05) is 32.0 Å². The molecule has 3 atom stereocenters. The van der Waals surface area contributed by atoms with E-state index in [1.54, 1.807) is 0 Å². The second-order valence-electron chi connectivity index (χ2n) is 7.21. The Morgan fingerprint density at radius 3 is 2.44 bits per heavy atom. The van der Waals surface area contributed by atoms with Gasteiger partial charge in [-0.3, -0.25) is 4.79 Å². The van der Waals surface area contributed by atoms with E-state index in [2.05, 4.69) is 19.2 Å². The number of benzene rings is 1. The van der Waals surface area contributed by atoms with Gasteiger partial charge in [-0.1, -0.05) is 32.8 Å². The van der Waals surface area contributed by atoms with Gasteiger partial charge in [0.1, 0.15) is 5.75 Å². The third-order valence-electron chi connectivity index (χ3n) is 4.97. The van der Waals surface area contributed by atoms with Crippen LogP contribution in [0.1, 0.15) is 44.2 Å². The van der Waals surface area contributed by atoms with Crippen molar-refractivity contribution < 1.29 is 19.1 Å². The molecule has 1 saturated carbocycles. The topological polar surface area (TPSA) is 64.6 Å². The fourth-order valence-electron chi connectivity index (χ4n) is 3.38. The van der Waals surface area contributed by atoms with E-state index in [-0.39, 0.29) is 25.2 Å². The van der Waals surface area contributed by atoms with Crippen LogP contribution in [-0.2, 0) is 14.3 Å². The van der Waals surface area contributed by atoms with Crippen LogP contribution < -0.4 is 10.1 Å². The number of aryl methyl sites for hydroxylation is 2. The summed E-state index contributed by atoms with van der Waals surface area (Å²) in [6.07, 6.45) is 3.32. The Kier molecular flexibility index (Phi) is 6.85. The van der Waals surface area contributed by atoms with Gasteiger partial charge in [-0.25, -0.2) is 4.79 Å². The van der Waals surface area contributed by atoms with Crippen LogP contribution in [0.25, 0.3) is 0 Å². The molecule has 1 aromatic rings. The van der Waals surface area contributed by atoms with Gasteiger partial charge in [0.2, 0.25) is 0 Å². The summed E-state index contributed by atoms with van der Waals surface area (Å²) < 4.78 is 10.5. The standard InChI is InChI=1S/C20H29NO4/c1-13-8-14(2)10-17(9-13)24-12-20(23)25-11-19(22)21-18-7-5-6-15(3)16(18)4/h8-10,15-16,18H,5-7,11-12H2,1-4H3,(H,21,22)/t15-,16+,18+/m0/s1. The molecular formula is C20H29NO4. The number of hydrogen-bond acceptors (Lipinski definition) is 4. The van der Waals surface area contributed by atoms with Crippen LogP contribution in [0, 0.1) is 25.7 Å². The Bertz CT molecular complexity index is 593. The van der Waals surface area contributed by atoms with Crippen LogP contribution in [0.5, 0.6) is 5.75 Å². The summed E-state index contributed by atoms with van der Waals surface area (Å²) in [7, 11) is 0. The predicted octanol–water partition coefficient (Wildman–Crippen LogP) is 3.17. The highest BCUT2D eigenvalue weighted by molar-refractivity contribution is 5.81. The van der Waals surface area contributed by atoms with Gasteiger partial charge in [-0.15, -0.1) is 0 Å². The molecule has 0 radical (unpaired) electrons. The molecule has 0 spiro atoms. The molecular weight excluding hydrogens is 318 g/mol. The second kappa shape index (κ2) is 8.88. The predicted molar refractivity (Wildman–Crippen MR) is 96.5 cm³/mol. The Balaban J connectivity index is 1.71. The largest absolute Gasteiger partial charge is 0.482 e. The quantitative estimate of drug-likeness (QED) is 0.803. The number of esters is 1. The lowest BCUT2D eigenvalue weighted by molar-refractivity contribution is -0.150. The fraction of sp³-hybridized carbons (Fsp3) is 0.600. The van der Waals surface area contributed by atoms with Gasteiger partial charge in [0.15, 0.2) is 13.2 Å². The Morgan fingerprint density at radius 1 is 1.08 bits per heavy atom. The molecule has 138 valence electrons. The van der Waals surface area contributed by atoms with Crippen LogP contribution in [0.3, 0.4) is 0 Å². The molecule has 1 aliphatic rings. The minimum Gasteiger partial charge on any atom is -0.482 e. The van der Waals surface area contributed by atoms with E-state index in [1.165, 1.54) is 6.42 Å². The van der Waals surface area contributed by atoms with E-state index >= 15 is 0 Å². The molecule has 1 N–H and O–H groups in total. The number of nitrogens with one attached hydrogen (secondary N) is 1. The summed E-state index contributed by atoms with van der Waals surface area (Å²) >= 11 is 0. The average Bonchev–Trinajstić information content (AvgIpc) is 2.54. The first-order valence-corrected chi connectivity index (χ1v) is 9.01. The first kappa shape index (κ1) is 19.3. The molecule has 0 aromatic heterocycles. The molecule has 5 nitrogen and oxygen atoms in total. The summed E-state index contributed by atoms with van der Waals surface area (Å²) in [5.41, 5.74) is 2.14. The van der Waals surface area contributed by atoms with Crippen molar-refractivity contribution in [2.45, 2.75) is 53.0 Å². The highest BCUT2D eigenvalue weighted by Crippen LogP contribution is 2.29. The van der Waals surface area contributed by atoms with E-state index in [0.717, 1.165) is 24.0 Å². The van der Waals surface area contributed by atoms with Gasteiger partial charge in [-0.05, 0) is 55.4 Å². The summed E-state index contributed by atoms with van der Waals surface area (Å²) in [5, 5.41) is 2.99. The first-order chi connectivity index (χ1) is 11.8. The normalized spacial score (nSPS) is 23.0. The molecule has 0 bridgehead atoms. The van der Waals surface area contributed by atoms with E-state index < -0.39 is 5.97 Å². The van der Waals surface area contributed by atoms with Crippen molar-refractivity contribution >= 4 is 11.9 Å². The molecule has 5 heteroatoms. The van der Waals surface area contributed by atoms with E-state index in [4.69, 9.17) is 9.47 Å². The van der Waals surface area contributed by atoms with Gasteiger partial charge in [0, 0.05) is 6.04 Å². The molecule has 0 unspecified atom stereocenters. The first-order valence-electron chi connectivity index (χ1n) is 9.01. The maximum Gasteiger partial charge on any atom is 0.344 e. The molecule has 1 fully saturated rings. The molecule has 1 amide bonds. The van der Waals surface area contributed by atoms with Crippen LogP contribution in [-0.4, -0.2) is 31.1 Å². The van der Waals surface area contributed by atoms with Gasteiger partial charge >= 0.3 is 5.97 Å². The number of carbonyl (C=O) groups is 2. The summed E-state index contributed by atoms with van der Waals surface area (Å²) in [6, 6.07) is 5.92.